The summed E-state index contributed by atoms with van der Waals surface area (Å²) in [4.78, 5) is 50.1. The Morgan fingerprint density at radius 2 is 2.06 bits per heavy atom. The average Bonchev–Trinajstić information content (AvgIpc) is 3.18. The number of esters is 1. The molecule has 0 bridgehead atoms. The summed E-state index contributed by atoms with van der Waals surface area (Å²) in [6, 6.07) is 6.09. The maximum atomic E-state index is 12.7. The van der Waals surface area contributed by atoms with Gasteiger partial charge in [-0.3, -0.25) is 14.9 Å². The lowest BCUT2D eigenvalue weighted by atomic mass is 10.0. The number of non-ortho nitro benzene ring substituents is 1. The fourth-order valence-electron chi connectivity index (χ4n) is 3.32. The Balaban J connectivity index is 1.45. The van der Waals surface area contributed by atoms with E-state index in [1.54, 1.807) is 31.5 Å². The van der Waals surface area contributed by atoms with Crippen LogP contribution in [0.5, 0.6) is 0 Å². The topological polar surface area (TPSA) is 128 Å². The maximum Gasteiger partial charge on any atom is 0.350 e. The normalized spacial score (nSPS) is 12.9. The Kier molecular flexibility index (Phi) is 5.67. The number of anilines is 1. The first-order valence-corrected chi connectivity index (χ1v) is 10.3. The number of ether oxygens (including phenoxy) is 1. The van der Waals surface area contributed by atoms with Crippen molar-refractivity contribution in [3.63, 3.8) is 0 Å². The number of nitro benzene ring substituents is 1. The second kappa shape index (κ2) is 8.56. The number of hydrogen-bond donors (Lipinski definition) is 0. The van der Waals surface area contributed by atoms with Crippen LogP contribution < -0.4 is 4.90 Å². The second-order valence-electron chi connectivity index (χ2n) is 6.80. The zero-order valence-electron chi connectivity index (χ0n) is 16.5. The molecule has 0 saturated carbocycles. The second-order valence-corrected chi connectivity index (χ2v) is 7.80. The molecule has 0 saturated heterocycles. The molecule has 3 aromatic rings. The maximum absolute atomic E-state index is 12.7. The molecule has 4 rings (SSSR count). The highest BCUT2D eigenvalue weighted by atomic mass is 32.1. The molecule has 1 aromatic carbocycles. The van der Waals surface area contributed by atoms with Crippen molar-refractivity contribution in [2.45, 2.75) is 19.8 Å². The zero-order chi connectivity index (χ0) is 22.0. The molecule has 2 aromatic heterocycles. The number of fused-ring (bicyclic) bond motifs is 1. The van der Waals surface area contributed by atoms with Gasteiger partial charge in [0.25, 0.3) is 11.6 Å². The number of aryl methyl sites for hydroxylation is 2. The number of rotatable bonds is 5. The summed E-state index contributed by atoms with van der Waals surface area (Å²) in [6.07, 6.45) is 4.48. The Hall–Kier alpha value is -3.73. The van der Waals surface area contributed by atoms with E-state index in [2.05, 4.69) is 15.0 Å². The number of carbonyl (C=O) groups is 2. The highest BCUT2D eigenvalue weighted by molar-refractivity contribution is 7.16. The van der Waals surface area contributed by atoms with Crippen molar-refractivity contribution in [1.29, 1.82) is 0 Å². The first-order valence-electron chi connectivity index (χ1n) is 9.43. The van der Waals surface area contributed by atoms with Gasteiger partial charge in [-0.05, 0) is 37.5 Å². The third-order valence-electron chi connectivity index (χ3n) is 4.76. The predicted octanol–water partition coefficient (Wildman–Crippen LogP) is 2.95. The Morgan fingerprint density at radius 3 is 2.81 bits per heavy atom. The van der Waals surface area contributed by atoms with Crippen molar-refractivity contribution in [2.75, 3.05) is 18.1 Å². The van der Waals surface area contributed by atoms with Crippen LogP contribution in [-0.2, 0) is 16.0 Å². The molecular weight excluding hydrogens is 422 g/mol. The summed E-state index contributed by atoms with van der Waals surface area (Å²) in [5, 5.41) is 11.5. The fraction of sp³-hybridized carbons (Fsp3) is 0.250. The van der Waals surface area contributed by atoms with E-state index in [0.717, 1.165) is 16.9 Å². The van der Waals surface area contributed by atoms with Crippen LogP contribution >= 0.6 is 11.3 Å². The molecule has 10 nitrogen and oxygen atoms in total. The molecule has 3 heterocycles. The fourth-order valence-corrected chi connectivity index (χ4v) is 4.23. The van der Waals surface area contributed by atoms with E-state index in [9.17, 15) is 19.7 Å². The summed E-state index contributed by atoms with van der Waals surface area (Å²) in [6.45, 7) is 1.69. The largest absolute Gasteiger partial charge is 0.451 e. The monoisotopic (exact) mass is 439 g/mol. The predicted molar refractivity (Wildman–Crippen MR) is 112 cm³/mol. The van der Waals surface area contributed by atoms with E-state index in [0.29, 0.717) is 41.6 Å². The van der Waals surface area contributed by atoms with Gasteiger partial charge in [-0.25, -0.2) is 19.7 Å². The van der Waals surface area contributed by atoms with Crippen LogP contribution in [0.4, 0.5) is 11.4 Å². The van der Waals surface area contributed by atoms with Crippen molar-refractivity contribution in [1.82, 2.24) is 15.0 Å². The van der Waals surface area contributed by atoms with Crippen LogP contribution in [-0.4, -0.2) is 44.9 Å². The van der Waals surface area contributed by atoms with Gasteiger partial charge in [0, 0.05) is 36.8 Å². The van der Waals surface area contributed by atoms with Crippen molar-refractivity contribution in [3.8, 4) is 10.8 Å². The summed E-state index contributed by atoms with van der Waals surface area (Å²) >= 11 is 1.10. The van der Waals surface area contributed by atoms with Crippen LogP contribution in [0.25, 0.3) is 10.8 Å². The van der Waals surface area contributed by atoms with Gasteiger partial charge < -0.3 is 9.64 Å². The first kappa shape index (κ1) is 20.5. The number of amides is 1. The van der Waals surface area contributed by atoms with Gasteiger partial charge >= 0.3 is 5.97 Å². The lowest BCUT2D eigenvalue weighted by Gasteiger charge is -2.29. The van der Waals surface area contributed by atoms with Gasteiger partial charge in [-0.1, -0.05) is 0 Å². The SMILES string of the molecule is Cc1nc(-c2ncccn2)sc1C(=O)OCC(=O)N1CCCc2cc([N+](=O)[O-])ccc21. The summed E-state index contributed by atoms with van der Waals surface area (Å²) in [5.41, 5.74) is 1.79. The van der Waals surface area contributed by atoms with Crippen molar-refractivity contribution >= 4 is 34.6 Å². The number of hydrogen-bond acceptors (Lipinski definition) is 9. The molecule has 1 aliphatic heterocycles. The minimum Gasteiger partial charge on any atom is -0.451 e. The van der Waals surface area contributed by atoms with E-state index in [1.165, 1.54) is 17.0 Å². The van der Waals surface area contributed by atoms with E-state index in [1.807, 2.05) is 0 Å². The third-order valence-corrected chi connectivity index (χ3v) is 5.89. The van der Waals surface area contributed by atoms with Crippen LogP contribution in [0.3, 0.4) is 0 Å². The van der Waals surface area contributed by atoms with Crippen LogP contribution in [0.1, 0.15) is 27.3 Å². The molecule has 0 radical (unpaired) electrons. The van der Waals surface area contributed by atoms with Gasteiger partial charge in [0.1, 0.15) is 4.88 Å². The number of aromatic nitrogens is 3. The Morgan fingerprint density at radius 1 is 1.29 bits per heavy atom. The highest BCUT2D eigenvalue weighted by Crippen LogP contribution is 2.31. The van der Waals surface area contributed by atoms with Gasteiger partial charge in [-0.2, -0.15) is 0 Å². The molecule has 0 spiro atoms. The first-order chi connectivity index (χ1) is 14.9. The number of nitro groups is 1. The van der Waals surface area contributed by atoms with Crippen LogP contribution in [0.2, 0.25) is 0 Å². The average molecular weight is 439 g/mol. The number of carbonyl (C=O) groups excluding carboxylic acids is 2. The van der Waals surface area contributed by atoms with E-state index in [-0.39, 0.29) is 10.6 Å². The van der Waals surface area contributed by atoms with Crippen molar-refractivity contribution in [2.24, 2.45) is 0 Å². The molecule has 0 aliphatic carbocycles. The molecule has 0 atom stereocenters. The Bertz CT molecular complexity index is 1160. The Labute approximate surface area is 180 Å². The summed E-state index contributed by atoms with van der Waals surface area (Å²) in [7, 11) is 0. The molecule has 0 N–H and O–H groups in total. The molecule has 11 heteroatoms. The molecule has 1 aliphatic rings. The minimum atomic E-state index is -0.647. The smallest absolute Gasteiger partial charge is 0.350 e. The van der Waals surface area contributed by atoms with Gasteiger partial charge in [0.05, 0.1) is 10.6 Å². The molecule has 1 amide bonds. The van der Waals surface area contributed by atoms with E-state index in [4.69, 9.17) is 4.74 Å². The van der Waals surface area contributed by atoms with Gasteiger partial charge in [0.15, 0.2) is 17.4 Å². The minimum absolute atomic E-state index is 0.0154. The summed E-state index contributed by atoms with van der Waals surface area (Å²) in [5.74, 6) is -0.631. The standard InChI is InChI=1S/C20H17N5O5S/c1-12-17(31-19(23-12)18-21-7-3-8-22-18)20(27)30-11-16(26)24-9-2-4-13-10-14(25(28)29)5-6-15(13)24/h3,5-8,10H,2,4,9,11H2,1H3. The van der Waals surface area contributed by atoms with E-state index < -0.39 is 23.4 Å². The summed E-state index contributed by atoms with van der Waals surface area (Å²) < 4.78 is 5.24. The number of thiazole rings is 1. The lowest BCUT2D eigenvalue weighted by molar-refractivity contribution is -0.384. The number of benzene rings is 1. The van der Waals surface area contributed by atoms with Gasteiger partial charge in [-0.15, -0.1) is 11.3 Å². The van der Waals surface area contributed by atoms with E-state index >= 15 is 0 Å². The molecule has 31 heavy (non-hydrogen) atoms. The quantitative estimate of drug-likeness (QED) is 0.337. The molecular formula is C20H17N5O5S. The van der Waals surface area contributed by atoms with Crippen LogP contribution in [0, 0.1) is 17.0 Å². The lowest BCUT2D eigenvalue weighted by Crippen LogP contribution is -2.38. The van der Waals surface area contributed by atoms with Gasteiger partial charge in [0.2, 0.25) is 0 Å². The highest BCUT2D eigenvalue weighted by Gasteiger charge is 2.26. The third kappa shape index (κ3) is 4.26. The number of nitrogens with zero attached hydrogens (tertiary/aromatic N) is 5. The van der Waals surface area contributed by atoms with Crippen molar-refractivity contribution < 1.29 is 19.2 Å². The van der Waals surface area contributed by atoms with Crippen molar-refractivity contribution in [3.05, 3.63) is 62.9 Å². The molecule has 158 valence electrons. The van der Waals surface area contributed by atoms with Crippen LogP contribution in [0.15, 0.2) is 36.7 Å². The zero-order valence-corrected chi connectivity index (χ0v) is 17.3. The molecule has 0 fully saturated rings. The molecule has 0 unspecified atom stereocenters.